The quantitative estimate of drug-likeness (QED) is 0.169. The summed E-state index contributed by atoms with van der Waals surface area (Å²) in [4.78, 5) is 10.5. The van der Waals surface area contributed by atoms with Crippen molar-refractivity contribution in [2.45, 2.75) is 0 Å². The van der Waals surface area contributed by atoms with Gasteiger partial charge in [-0.25, -0.2) is 9.97 Å². The maximum atomic E-state index is 5.27. The molecule has 3 aromatic heterocycles. The van der Waals surface area contributed by atoms with E-state index in [9.17, 15) is 0 Å². The third-order valence-corrected chi connectivity index (χ3v) is 11.9. The monoisotopic (exact) mass is 764 g/mol. The second-order valence-electron chi connectivity index (χ2n) is 15.4. The smallest absolute Gasteiger partial charge is 0.160 e. The van der Waals surface area contributed by atoms with Gasteiger partial charge in [-0.05, 0) is 65.0 Å². The SMILES string of the molecule is c1ccc(-c2cccc(-n3c4ccccc4c4ccc5c(c6ccccc6n5-c5cc(-c6nc(-c7ccccc7)cc(-c7ccccc7)n6)cc6ccccc56)c43)c2)cc1. The summed E-state index contributed by atoms with van der Waals surface area (Å²) in [5.41, 5.74) is 14.1. The van der Waals surface area contributed by atoms with Crippen molar-refractivity contribution < 1.29 is 0 Å². The zero-order valence-electron chi connectivity index (χ0n) is 32.6. The minimum absolute atomic E-state index is 0.684. The standard InChI is InChI=1S/C56H36N4/c1-4-17-37(18-5-1)40-24-16-25-43(34-40)59-50-29-14-12-27-45(50)46-31-32-52-54(55(46)59)47-28-13-15-30-51(47)60(52)53-35-42(33-41-23-10-11-26-44(41)53)56-57-48(38-19-6-2-7-20-38)36-49(58-56)39-21-8-3-9-22-39/h1-36H. The average Bonchev–Trinajstić information content (AvgIpc) is 3.85. The van der Waals surface area contributed by atoms with Gasteiger partial charge in [0.2, 0.25) is 0 Å². The molecule has 4 nitrogen and oxygen atoms in total. The molecule has 0 saturated carbocycles. The van der Waals surface area contributed by atoms with Crippen LogP contribution in [0.5, 0.6) is 0 Å². The summed E-state index contributed by atoms with van der Waals surface area (Å²) >= 11 is 0. The van der Waals surface area contributed by atoms with Crippen LogP contribution in [0.3, 0.4) is 0 Å². The first kappa shape index (κ1) is 34.0. The Hall–Kier alpha value is -8.08. The van der Waals surface area contributed by atoms with Crippen molar-refractivity contribution in [3.63, 3.8) is 0 Å². The molecular formula is C56H36N4. The molecule has 0 fully saturated rings. The minimum atomic E-state index is 0.684. The predicted octanol–water partition coefficient (Wildman–Crippen LogP) is 14.5. The van der Waals surface area contributed by atoms with Crippen LogP contribution in [-0.4, -0.2) is 19.1 Å². The van der Waals surface area contributed by atoms with Crippen molar-refractivity contribution >= 4 is 54.4 Å². The number of rotatable bonds is 6. The molecule has 0 aliphatic rings. The molecule has 0 unspecified atom stereocenters. The van der Waals surface area contributed by atoms with Gasteiger partial charge in [0.15, 0.2) is 5.82 Å². The van der Waals surface area contributed by atoms with Crippen molar-refractivity contribution in [3.05, 3.63) is 218 Å². The Bertz CT molecular complexity index is 3530. The molecule has 0 aliphatic carbocycles. The Balaban J connectivity index is 1.15. The van der Waals surface area contributed by atoms with Crippen LogP contribution in [0.1, 0.15) is 0 Å². The average molecular weight is 765 g/mol. The first-order valence-electron chi connectivity index (χ1n) is 20.4. The van der Waals surface area contributed by atoms with Crippen LogP contribution in [0.25, 0.3) is 111 Å². The number of aromatic nitrogens is 4. The Morgan fingerprint density at radius 3 is 1.58 bits per heavy atom. The van der Waals surface area contributed by atoms with Gasteiger partial charge in [-0.15, -0.1) is 0 Å². The number of benzene rings is 9. The van der Waals surface area contributed by atoms with Crippen LogP contribution >= 0.6 is 0 Å². The lowest BCUT2D eigenvalue weighted by Gasteiger charge is -2.15. The topological polar surface area (TPSA) is 35.6 Å². The molecule has 0 N–H and O–H groups in total. The summed E-state index contributed by atoms with van der Waals surface area (Å²) in [6, 6.07) is 78.0. The van der Waals surface area contributed by atoms with Crippen LogP contribution < -0.4 is 0 Å². The molecular weight excluding hydrogens is 729 g/mol. The van der Waals surface area contributed by atoms with Crippen molar-refractivity contribution in [2.75, 3.05) is 0 Å². The number of hydrogen-bond acceptors (Lipinski definition) is 2. The minimum Gasteiger partial charge on any atom is -0.309 e. The molecule has 0 atom stereocenters. The van der Waals surface area contributed by atoms with E-state index in [-0.39, 0.29) is 0 Å². The molecule has 3 heterocycles. The molecule has 0 amide bonds. The summed E-state index contributed by atoms with van der Waals surface area (Å²) in [6.45, 7) is 0. The van der Waals surface area contributed by atoms with Crippen molar-refractivity contribution in [2.24, 2.45) is 0 Å². The molecule has 280 valence electrons. The lowest BCUT2D eigenvalue weighted by atomic mass is 10.0. The molecule has 0 bridgehead atoms. The van der Waals surface area contributed by atoms with E-state index >= 15 is 0 Å². The largest absolute Gasteiger partial charge is 0.309 e. The third kappa shape index (κ3) is 5.46. The molecule has 0 saturated heterocycles. The summed E-state index contributed by atoms with van der Waals surface area (Å²) in [6.07, 6.45) is 0. The molecule has 0 aliphatic heterocycles. The highest BCUT2D eigenvalue weighted by molar-refractivity contribution is 6.26. The molecule has 60 heavy (non-hydrogen) atoms. The second kappa shape index (κ2) is 13.8. The van der Waals surface area contributed by atoms with Crippen LogP contribution in [0.15, 0.2) is 218 Å². The molecule has 9 aromatic carbocycles. The maximum absolute atomic E-state index is 5.27. The zero-order chi connectivity index (χ0) is 39.6. The molecule has 12 rings (SSSR count). The molecule has 4 heteroatoms. The first-order valence-corrected chi connectivity index (χ1v) is 20.4. The fourth-order valence-electron chi connectivity index (χ4n) is 9.19. The van der Waals surface area contributed by atoms with E-state index in [0.717, 1.165) is 61.3 Å². The molecule has 12 aromatic rings. The number of para-hydroxylation sites is 2. The highest BCUT2D eigenvalue weighted by Crippen LogP contribution is 2.44. The van der Waals surface area contributed by atoms with Gasteiger partial charge in [-0.1, -0.05) is 170 Å². The van der Waals surface area contributed by atoms with E-state index in [2.05, 4.69) is 215 Å². The van der Waals surface area contributed by atoms with E-state index in [1.165, 1.54) is 43.7 Å². The maximum Gasteiger partial charge on any atom is 0.160 e. The van der Waals surface area contributed by atoms with Crippen molar-refractivity contribution in [1.82, 2.24) is 19.1 Å². The van der Waals surface area contributed by atoms with E-state index < -0.39 is 0 Å². The highest BCUT2D eigenvalue weighted by atomic mass is 15.0. The normalized spacial score (nSPS) is 11.7. The van der Waals surface area contributed by atoms with E-state index in [1.807, 2.05) is 12.1 Å². The van der Waals surface area contributed by atoms with Crippen LogP contribution in [0.4, 0.5) is 0 Å². The predicted molar refractivity (Wildman–Crippen MR) is 250 cm³/mol. The molecule has 0 spiro atoms. The van der Waals surface area contributed by atoms with Gasteiger partial charge in [-0.3, -0.25) is 0 Å². The Labute approximate surface area is 346 Å². The highest BCUT2D eigenvalue weighted by Gasteiger charge is 2.23. The Morgan fingerprint density at radius 1 is 0.317 bits per heavy atom. The van der Waals surface area contributed by atoms with Gasteiger partial charge < -0.3 is 9.13 Å². The van der Waals surface area contributed by atoms with Crippen molar-refractivity contribution in [1.29, 1.82) is 0 Å². The zero-order valence-corrected chi connectivity index (χ0v) is 32.6. The van der Waals surface area contributed by atoms with Gasteiger partial charge in [0.05, 0.1) is 39.1 Å². The third-order valence-electron chi connectivity index (χ3n) is 11.9. The van der Waals surface area contributed by atoms with Gasteiger partial charge in [0.25, 0.3) is 0 Å². The van der Waals surface area contributed by atoms with E-state index in [1.54, 1.807) is 0 Å². The Morgan fingerprint density at radius 2 is 0.883 bits per heavy atom. The van der Waals surface area contributed by atoms with Gasteiger partial charge in [0, 0.05) is 49.3 Å². The summed E-state index contributed by atoms with van der Waals surface area (Å²) < 4.78 is 4.93. The van der Waals surface area contributed by atoms with Crippen molar-refractivity contribution in [3.8, 4) is 56.4 Å². The number of fused-ring (bicyclic) bond motifs is 8. The van der Waals surface area contributed by atoms with E-state index in [4.69, 9.17) is 9.97 Å². The van der Waals surface area contributed by atoms with Gasteiger partial charge in [0.1, 0.15) is 0 Å². The lowest BCUT2D eigenvalue weighted by molar-refractivity contribution is 1.17. The van der Waals surface area contributed by atoms with Gasteiger partial charge >= 0.3 is 0 Å². The fourth-order valence-corrected chi connectivity index (χ4v) is 9.19. The van der Waals surface area contributed by atoms with Crippen LogP contribution in [-0.2, 0) is 0 Å². The fraction of sp³-hybridized carbons (Fsp3) is 0. The summed E-state index contributed by atoms with van der Waals surface area (Å²) in [5.74, 6) is 0.684. The number of hydrogen-bond donors (Lipinski definition) is 0. The van der Waals surface area contributed by atoms with E-state index in [0.29, 0.717) is 5.82 Å². The number of nitrogens with zero attached hydrogens (tertiary/aromatic N) is 4. The summed E-state index contributed by atoms with van der Waals surface area (Å²) in [7, 11) is 0. The first-order chi connectivity index (χ1) is 29.8. The second-order valence-corrected chi connectivity index (χ2v) is 15.4. The summed E-state index contributed by atoms with van der Waals surface area (Å²) in [5, 5.41) is 7.15. The van der Waals surface area contributed by atoms with Gasteiger partial charge in [-0.2, -0.15) is 0 Å². The molecule has 0 radical (unpaired) electrons. The Kier molecular flexibility index (Phi) is 7.82. The van der Waals surface area contributed by atoms with Crippen LogP contribution in [0, 0.1) is 0 Å². The van der Waals surface area contributed by atoms with Crippen LogP contribution in [0.2, 0.25) is 0 Å². The lowest BCUT2D eigenvalue weighted by Crippen LogP contribution is -2.00.